The van der Waals surface area contributed by atoms with E-state index in [0.29, 0.717) is 0 Å². The molecular weight excluding hydrogens is 212 g/mol. The van der Waals surface area contributed by atoms with Crippen LogP contribution in [0.4, 0.5) is 0 Å². The fourth-order valence-corrected chi connectivity index (χ4v) is 2.73. The molecular formula is C15H24S. The summed E-state index contributed by atoms with van der Waals surface area (Å²) in [5, 5.41) is 0. The average molecular weight is 236 g/mol. The van der Waals surface area contributed by atoms with Crippen molar-refractivity contribution in [2.75, 3.05) is 5.75 Å². The zero-order valence-corrected chi connectivity index (χ0v) is 11.3. The van der Waals surface area contributed by atoms with Crippen molar-refractivity contribution in [2.24, 2.45) is 0 Å². The topological polar surface area (TPSA) is 0 Å². The summed E-state index contributed by atoms with van der Waals surface area (Å²) in [5.41, 5.74) is 1.46. The molecule has 1 rings (SSSR count). The maximum absolute atomic E-state index is 2.27. The van der Waals surface area contributed by atoms with Gasteiger partial charge in [-0.25, -0.2) is 0 Å². The number of hydrogen-bond acceptors (Lipinski definition) is 1. The molecule has 0 aliphatic carbocycles. The molecule has 0 saturated heterocycles. The Labute approximate surface area is 105 Å². The van der Waals surface area contributed by atoms with Gasteiger partial charge in [0.25, 0.3) is 0 Å². The van der Waals surface area contributed by atoms with Gasteiger partial charge in [0.2, 0.25) is 0 Å². The van der Waals surface area contributed by atoms with Gasteiger partial charge in [0.05, 0.1) is 0 Å². The van der Waals surface area contributed by atoms with E-state index >= 15 is 0 Å². The van der Waals surface area contributed by atoms with Gasteiger partial charge >= 0.3 is 0 Å². The smallest absolute Gasteiger partial charge is 0.0184 e. The van der Waals surface area contributed by atoms with Crippen molar-refractivity contribution in [2.45, 2.75) is 51.2 Å². The Morgan fingerprint density at radius 1 is 0.875 bits per heavy atom. The first-order valence-corrected chi connectivity index (χ1v) is 7.70. The minimum atomic E-state index is 1.18. The number of thioether (sulfide) groups is 1. The molecule has 0 unspecified atom stereocenters. The van der Waals surface area contributed by atoms with Gasteiger partial charge in [-0.15, -0.1) is 0 Å². The molecule has 0 fully saturated rings. The molecule has 0 saturated carbocycles. The van der Waals surface area contributed by atoms with Crippen LogP contribution < -0.4 is 0 Å². The zero-order valence-electron chi connectivity index (χ0n) is 10.5. The summed E-state index contributed by atoms with van der Waals surface area (Å²) >= 11 is 2.07. The SMILES string of the molecule is CCCCCCCCSCc1ccccc1. The summed E-state index contributed by atoms with van der Waals surface area (Å²) in [6.07, 6.45) is 8.43. The molecule has 1 aromatic rings. The van der Waals surface area contributed by atoms with E-state index in [1.807, 2.05) is 0 Å². The quantitative estimate of drug-likeness (QED) is 0.526. The third-order valence-corrected chi connectivity index (χ3v) is 3.87. The third kappa shape index (κ3) is 6.95. The van der Waals surface area contributed by atoms with Crippen LogP contribution in [0, 0.1) is 0 Å². The van der Waals surface area contributed by atoms with Crippen LogP contribution in [0.3, 0.4) is 0 Å². The van der Waals surface area contributed by atoms with E-state index in [9.17, 15) is 0 Å². The van der Waals surface area contributed by atoms with E-state index in [2.05, 4.69) is 49.0 Å². The summed E-state index contributed by atoms with van der Waals surface area (Å²) < 4.78 is 0. The Kier molecular flexibility index (Phi) is 8.33. The van der Waals surface area contributed by atoms with Gasteiger partial charge in [0, 0.05) is 5.75 Å². The lowest BCUT2D eigenvalue weighted by molar-refractivity contribution is 0.627. The first kappa shape index (κ1) is 13.6. The highest BCUT2D eigenvalue weighted by Gasteiger charge is 1.93. The zero-order chi connectivity index (χ0) is 11.5. The molecule has 1 aromatic carbocycles. The van der Waals surface area contributed by atoms with Gasteiger partial charge < -0.3 is 0 Å². The molecule has 0 aliphatic rings. The molecule has 0 radical (unpaired) electrons. The Morgan fingerprint density at radius 3 is 2.31 bits per heavy atom. The standard InChI is InChI=1S/C15H24S/c1-2-3-4-5-6-10-13-16-14-15-11-8-7-9-12-15/h7-9,11-12H,2-6,10,13-14H2,1H3. The second-order valence-corrected chi connectivity index (χ2v) is 5.41. The number of benzene rings is 1. The summed E-state index contributed by atoms with van der Waals surface area (Å²) in [6.45, 7) is 2.27. The highest BCUT2D eigenvalue weighted by Crippen LogP contribution is 2.14. The van der Waals surface area contributed by atoms with Crippen molar-refractivity contribution >= 4 is 11.8 Å². The number of hydrogen-bond donors (Lipinski definition) is 0. The second-order valence-electron chi connectivity index (χ2n) is 4.31. The molecule has 0 spiro atoms. The van der Waals surface area contributed by atoms with Gasteiger partial charge in [-0.1, -0.05) is 69.4 Å². The number of rotatable bonds is 9. The summed E-state index contributed by atoms with van der Waals surface area (Å²) in [4.78, 5) is 0. The molecule has 0 aromatic heterocycles. The minimum absolute atomic E-state index is 1.18. The predicted molar refractivity (Wildman–Crippen MR) is 76.0 cm³/mol. The summed E-state index contributed by atoms with van der Waals surface area (Å²) in [7, 11) is 0. The predicted octanol–water partition coefficient (Wildman–Crippen LogP) is 5.28. The fraction of sp³-hybridized carbons (Fsp3) is 0.600. The van der Waals surface area contributed by atoms with Crippen molar-refractivity contribution in [3.8, 4) is 0 Å². The molecule has 0 amide bonds. The normalized spacial score (nSPS) is 10.6. The molecule has 0 heterocycles. The Bertz CT molecular complexity index is 243. The highest BCUT2D eigenvalue weighted by molar-refractivity contribution is 7.98. The molecule has 0 atom stereocenters. The molecule has 0 N–H and O–H groups in total. The monoisotopic (exact) mass is 236 g/mol. The van der Waals surface area contributed by atoms with E-state index < -0.39 is 0 Å². The Balaban J connectivity index is 1.89. The van der Waals surface area contributed by atoms with Gasteiger partial charge in [-0.05, 0) is 17.7 Å². The van der Waals surface area contributed by atoms with Crippen molar-refractivity contribution in [3.05, 3.63) is 35.9 Å². The lowest BCUT2D eigenvalue weighted by Gasteiger charge is -2.02. The van der Waals surface area contributed by atoms with Crippen LogP contribution in [0.25, 0.3) is 0 Å². The lowest BCUT2D eigenvalue weighted by atomic mass is 10.1. The van der Waals surface area contributed by atoms with Gasteiger partial charge in [-0.2, -0.15) is 11.8 Å². The molecule has 0 aliphatic heterocycles. The van der Waals surface area contributed by atoms with E-state index in [0.717, 1.165) is 0 Å². The summed E-state index contributed by atoms with van der Waals surface area (Å²) in [6, 6.07) is 10.8. The minimum Gasteiger partial charge on any atom is -0.157 e. The lowest BCUT2D eigenvalue weighted by Crippen LogP contribution is -1.84. The van der Waals surface area contributed by atoms with Crippen molar-refractivity contribution in [3.63, 3.8) is 0 Å². The van der Waals surface area contributed by atoms with E-state index in [-0.39, 0.29) is 0 Å². The largest absolute Gasteiger partial charge is 0.157 e. The Morgan fingerprint density at radius 2 is 1.56 bits per heavy atom. The maximum atomic E-state index is 2.27. The van der Waals surface area contributed by atoms with Gasteiger partial charge in [0.15, 0.2) is 0 Å². The maximum Gasteiger partial charge on any atom is 0.0184 e. The van der Waals surface area contributed by atoms with E-state index in [1.165, 1.54) is 55.6 Å². The second kappa shape index (κ2) is 9.77. The van der Waals surface area contributed by atoms with Crippen molar-refractivity contribution in [1.82, 2.24) is 0 Å². The van der Waals surface area contributed by atoms with E-state index in [4.69, 9.17) is 0 Å². The molecule has 0 bridgehead atoms. The average Bonchev–Trinajstić information content (AvgIpc) is 2.34. The van der Waals surface area contributed by atoms with Gasteiger partial charge in [-0.3, -0.25) is 0 Å². The van der Waals surface area contributed by atoms with Crippen molar-refractivity contribution < 1.29 is 0 Å². The van der Waals surface area contributed by atoms with Crippen LogP contribution in [0.2, 0.25) is 0 Å². The molecule has 90 valence electrons. The molecule has 0 nitrogen and oxygen atoms in total. The van der Waals surface area contributed by atoms with Crippen LogP contribution in [0.5, 0.6) is 0 Å². The van der Waals surface area contributed by atoms with E-state index in [1.54, 1.807) is 0 Å². The number of unbranched alkanes of at least 4 members (excludes halogenated alkanes) is 5. The fourth-order valence-electron chi connectivity index (χ4n) is 1.75. The van der Waals surface area contributed by atoms with Crippen molar-refractivity contribution in [1.29, 1.82) is 0 Å². The molecule has 16 heavy (non-hydrogen) atoms. The first-order chi connectivity index (χ1) is 7.93. The van der Waals surface area contributed by atoms with Crippen LogP contribution in [0.15, 0.2) is 30.3 Å². The van der Waals surface area contributed by atoms with Crippen LogP contribution in [-0.2, 0) is 5.75 Å². The van der Waals surface area contributed by atoms with Crippen LogP contribution in [0.1, 0.15) is 51.0 Å². The van der Waals surface area contributed by atoms with Gasteiger partial charge in [0.1, 0.15) is 0 Å². The third-order valence-electron chi connectivity index (χ3n) is 2.75. The molecule has 1 heteroatoms. The van der Waals surface area contributed by atoms with Crippen LogP contribution >= 0.6 is 11.8 Å². The first-order valence-electron chi connectivity index (χ1n) is 6.55. The Hall–Kier alpha value is -0.430. The summed E-state index contributed by atoms with van der Waals surface area (Å²) in [5.74, 6) is 2.50. The highest BCUT2D eigenvalue weighted by atomic mass is 32.2. The van der Waals surface area contributed by atoms with Crippen LogP contribution in [-0.4, -0.2) is 5.75 Å².